The fourth-order valence-electron chi connectivity index (χ4n) is 4.17. The van der Waals surface area contributed by atoms with E-state index in [-0.39, 0.29) is 22.6 Å². The van der Waals surface area contributed by atoms with E-state index in [2.05, 4.69) is 15.3 Å². The first-order valence-electron chi connectivity index (χ1n) is 11.7. The fraction of sp³-hybridized carbons (Fsp3) is 0.375. The second-order valence-electron chi connectivity index (χ2n) is 8.81. The number of nitrogens with one attached hydrogen (secondary N) is 2. The van der Waals surface area contributed by atoms with Crippen molar-refractivity contribution in [2.75, 3.05) is 29.9 Å². The lowest BCUT2D eigenvalue weighted by molar-refractivity contribution is -0.127. The van der Waals surface area contributed by atoms with Gasteiger partial charge in [-0.05, 0) is 62.1 Å². The number of anilines is 2. The lowest BCUT2D eigenvalue weighted by Gasteiger charge is -2.15. The van der Waals surface area contributed by atoms with Crippen LogP contribution in [0.2, 0.25) is 0 Å². The minimum atomic E-state index is -4.03. The van der Waals surface area contributed by atoms with Crippen molar-refractivity contribution in [1.29, 1.82) is 0 Å². The zero-order valence-corrected chi connectivity index (χ0v) is 20.0. The molecule has 2 fully saturated rings. The molecule has 1 saturated heterocycles. The van der Waals surface area contributed by atoms with Crippen LogP contribution in [0.5, 0.6) is 5.75 Å². The van der Waals surface area contributed by atoms with Crippen molar-refractivity contribution in [2.24, 2.45) is 0 Å². The zero-order chi connectivity index (χ0) is 24.4. The van der Waals surface area contributed by atoms with Crippen LogP contribution >= 0.6 is 0 Å². The van der Waals surface area contributed by atoms with Crippen LogP contribution in [0.15, 0.2) is 47.4 Å². The molecule has 2 N–H and O–H groups in total. The van der Waals surface area contributed by atoms with Gasteiger partial charge in [0, 0.05) is 43.9 Å². The number of rotatable bonds is 11. The largest absolute Gasteiger partial charge is 0.385 e. The highest BCUT2D eigenvalue weighted by Crippen LogP contribution is 2.31. The number of benzene rings is 2. The Morgan fingerprint density at radius 3 is 2.69 bits per heavy atom. The second kappa shape index (κ2) is 9.57. The SMILES string of the molecule is O=CN(c1nc2ccc(OS(=O)(=O)c3ccc(NCCCN4CCCC4=O)cc3)cc2[nH]1)C1CC1. The molecule has 0 unspecified atom stereocenters. The van der Waals surface area contributed by atoms with E-state index >= 15 is 0 Å². The predicted octanol–water partition coefficient (Wildman–Crippen LogP) is 2.88. The highest BCUT2D eigenvalue weighted by Gasteiger charge is 2.31. The van der Waals surface area contributed by atoms with Crippen LogP contribution in [0.25, 0.3) is 11.0 Å². The summed E-state index contributed by atoms with van der Waals surface area (Å²) in [7, 11) is -4.03. The second-order valence-corrected chi connectivity index (χ2v) is 10.4. The van der Waals surface area contributed by atoms with Gasteiger partial charge >= 0.3 is 10.1 Å². The third-order valence-corrected chi connectivity index (χ3v) is 7.45. The maximum Gasteiger partial charge on any atom is 0.339 e. The number of nitrogens with zero attached hydrogens (tertiary/aromatic N) is 3. The molecule has 0 spiro atoms. The lowest BCUT2D eigenvalue weighted by Crippen LogP contribution is -2.26. The molecule has 35 heavy (non-hydrogen) atoms. The molecule has 1 aliphatic heterocycles. The third kappa shape index (κ3) is 5.24. The number of likely N-dealkylation sites (tertiary alicyclic amines) is 1. The van der Waals surface area contributed by atoms with Gasteiger partial charge in [0.1, 0.15) is 10.6 Å². The summed E-state index contributed by atoms with van der Waals surface area (Å²) in [5.74, 6) is 0.802. The van der Waals surface area contributed by atoms with Crippen molar-refractivity contribution in [3.8, 4) is 5.75 Å². The highest BCUT2D eigenvalue weighted by atomic mass is 32.2. The number of H-pyrrole nitrogens is 1. The summed E-state index contributed by atoms with van der Waals surface area (Å²) >= 11 is 0. The van der Waals surface area contributed by atoms with E-state index in [1.807, 2.05) is 4.90 Å². The molecule has 5 rings (SSSR count). The lowest BCUT2D eigenvalue weighted by atomic mass is 10.3. The Kier molecular flexibility index (Phi) is 6.33. The van der Waals surface area contributed by atoms with E-state index in [0.29, 0.717) is 29.9 Å². The Balaban J connectivity index is 1.19. The molecule has 2 aliphatic rings. The number of aromatic amines is 1. The van der Waals surface area contributed by atoms with E-state index in [4.69, 9.17) is 4.18 Å². The van der Waals surface area contributed by atoms with Crippen LogP contribution in [-0.2, 0) is 19.7 Å². The summed E-state index contributed by atoms with van der Waals surface area (Å²) in [6.07, 6.45) is 5.02. The molecule has 2 heterocycles. The van der Waals surface area contributed by atoms with Gasteiger partial charge in [-0.3, -0.25) is 14.5 Å². The van der Waals surface area contributed by atoms with Crippen molar-refractivity contribution in [1.82, 2.24) is 14.9 Å². The van der Waals surface area contributed by atoms with Gasteiger partial charge in [-0.15, -0.1) is 0 Å². The van der Waals surface area contributed by atoms with Gasteiger partial charge < -0.3 is 19.4 Å². The number of aromatic nitrogens is 2. The Morgan fingerprint density at radius 2 is 2.00 bits per heavy atom. The molecule has 184 valence electrons. The number of imidazole rings is 1. The fourth-order valence-corrected chi connectivity index (χ4v) is 5.09. The van der Waals surface area contributed by atoms with Gasteiger partial charge in [-0.25, -0.2) is 4.98 Å². The molecule has 1 saturated carbocycles. The summed E-state index contributed by atoms with van der Waals surface area (Å²) in [6.45, 7) is 2.24. The van der Waals surface area contributed by atoms with Gasteiger partial charge in [0.2, 0.25) is 18.3 Å². The standard InChI is InChI=1S/C24H27N5O5S/c30-16-29(18-6-7-18)24-26-21-11-8-19(15-22(21)27-24)34-35(32,33)20-9-4-17(5-10-20)25-12-2-14-28-13-1-3-23(28)31/h4-5,8-11,15-16,18,25H,1-3,6-7,12-14H2,(H,26,27). The topological polar surface area (TPSA) is 125 Å². The number of carbonyl (C=O) groups excluding carboxylic acids is 2. The number of amides is 2. The minimum Gasteiger partial charge on any atom is -0.385 e. The molecular formula is C24H27N5O5S. The predicted molar refractivity (Wildman–Crippen MR) is 131 cm³/mol. The number of hydrogen-bond acceptors (Lipinski definition) is 7. The first kappa shape index (κ1) is 23.2. The molecule has 3 aromatic rings. The van der Waals surface area contributed by atoms with Crippen molar-refractivity contribution in [2.45, 2.75) is 43.0 Å². The van der Waals surface area contributed by atoms with Crippen LogP contribution in [0.3, 0.4) is 0 Å². The van der Waals surface area contributed by atoms with Gasteiger partial charge in [-0.2, -0.15) is 8.42 Å². The Labute approximate surface area is 203 Å². The molecule has 1 aromatic heterocycles. The molecule has 0 radical (unpaired) electrons. The maximum atomic E-state index is 12.8. The Bertz CT molecular complexity index is 1330. The minimum absolute atomic E-state index is 0.0389. The quantitative estimate of drug-likeness (QED) is 0.237. The van der Waals surface area contributed by atoms with Gasteiger partial charge in [-0.1, -0.05) is 0 Å². The van der Waals surface area contributed by atoms with Crippen molar-refractivity contribution < 1.29 is 22.2 Å². The smallest absolute Gasteiger partial charge is 0.339 e. The molecule has 0 atom stereocenters. The summed E-state index contributed by atoms with van der Waals surface area (Å²) in [6, 6.07) is 11.3. The van der Waals surface area contributed by atoms with E-state index in [1.165, 1.54) is 18.2 Å². The third-order valence-electron chi connectivity index (χ3n) is 6.19. The van der Waals surface area contributed by atoms with Crippen molar-refractivity contribution in [3.05, 3.63) is 42.5 Å². The van der Waals surface area contributed by atoms with Gasteiger partial charge in [0.25, 0.3) is 0 Å². The van der Waals surface area contributed by atoms with Crippen molar-refractivity contribution in [3.63, 3.8) is 0 Å². The molecule has 2 aromatic carbocycles. The van der Waals surface area contributed by atoms with Crippen molar-refractivity contribution >= 4 is 45.1 Å². The zero-order valence-electron chi connectivity index (χ0n) is 19.1. The van der Waals surface area contributed by atoms with E-state index in [0.717, 1.165) is 50.9 Å². The first-order chi connectivity index (χ1) is 16.9. The van der Waals surface area contributed by atoms with E-state index < -0.39 is 10.1 Å². The summed E-state index contributed by atoms with van der Waals surface area (Å²) in [5.41, 5.74) is 1.98. The first-order valence-corrected chi connectivity index (χ1v) is 13.1. The maximum absolute atomic E-state index is 12.8. The molecule has 2 amide bonds. The molecule has 0 bridgehead atoms. The average molecular weight is 498 g/mol. The summed E-state index contributed by atoms with van der Waals surface area (Å²) < 4.78 is 30.9. The van der Waals surface area contributed by atoms with Crippen LogP contribution in [-0.4, -0.2) is 61.3 Å². The van der Waals surface area contributed by atoms with Crippen LogP contribution in [0.1, 0.15) is 32.1 Å². The van der Waals surface area contributed by atoms with E-state index in [9.17, 15) is 18.0 Å². The molecule has 1 aliphatic carbocycles. The Morgan fingerprint density at radius 1 is 1.20 bits per heavy atom. The molecular weight excluding hydrogens is 470 g/mol. The van der Waals surface area contributed by atoms with E-state index in [1.54, 1.807) is 29.2 Å². The number of fused-ring (bicyclic) bond motifs is 1. The monoisotopic (exact) mass is 497 g/mol. The van der Waals surface area contributed by atoms with Crippen LogP contribution in [0, 0.1) is 0 Å². The molecule has 10 nitrogen and oxygen atoms in total. The normalized spacial score (nSPS) is 16.0. The van der Waals surface area contributed by atoms with Gasteiger partial charge in [0.05, 0.1) is 11.0 Å². The summed E-state index contributed by atoms with van der Waals surface area (Å²) in [5, 5.41) is 3.25. The highest BCUT2D eigenvalue weighted by molar-refractivity contribution is 7.87. The number of hydrogen-bond donors (Lipinski definition) is 2. The Hall–Kier alpha value is -3.60. The number of carbonyl (C=O) groups is 2. The average Bonchev–Trinajstić information content (AvgIpc) is 3.46. The van der Waals surface area contributed by atoms with Gasteiger partial charge in [0.15, 0.2) is 0 Å². The molecule has 11 heteroatoms. The van der Waals surface area contributed by atoms with Crippen LogP contribution < -0.4 is 14.4 Å². The summed E-state index contributed by atoms with van der Waals surface area (Å²) in [4.78, 5) is 34.0. The van der Waals surface area contributed by atoms with Crippen LogP contribution in [0.4, 0.5) is 11.6 Å².